The summed E-state index contributed by atoms with van der Waals surface area (Å²) in [6, 6.07) is 0. The highest BCUT2D eigenvalue weighted by Crippen LogP contribution is 2.44. The molecule has 1 aliphatic rings. The minimum absolute atomic E-state index is 0.508. The first-order chi connectivity index (χ1) is 8.45. The van der Waals surface area contributed by atoms with Crippen LogP contribution in [0.2, 0.25) is 0 Å². The molecule has 0 aliphatic heterocycles. The predicted octanol–water partition coefficient (Wildman–Crippen LogP) is 6.57. The van der Waals surface area contributed by atoms with Crippen LogP contribution in [0.5, 0.6) is 0 Å². The van der Waals surface area contributed by atoms with Crippen molar-refractivity contribution in [3.63, 3.8) is 0 Å². The van der Waals surface area contributed by atoms with Crippen molar-refractivity contribution in [2.24, 2.45) is 17.3 Å². The van der Waals surface area contributed by atoms with Crippen molar-refractivity contribution in [3.05, 3.63) is 0 Å². The van der Waals surface area contributed by atoms with Gasteiger partial charge in [0.15, 0.2) is 0 Å². The second kappa shape index (κ2) is 7.92. The van der Waals surface area contributed by atoms with Gasteiger partial charge in [0, 0.05) is 4.83 Å². The molecule has 1 fully saturated rings. The van der Waals surface area contributed by atoms with Gasteiger partial charge in [0.25, 0.3) is 0 Å². The molecular formula is C17H33Br. The first-order valence-corrected chi connectivity index (χ1v) is 9.00. The molecule has 18 heavy (non-hydrogen) atoms. The van der Waals surface area contributed by atoms with Crippen molar-refractivity contribution in [1.29, 1.82) is 0 Å². The Hall–Kier alpha value is 0.480. The first-order valence-electron chi connectivity index (χ1n) is 8.09. The fourth-order valence-corrected chi connectivity index (χ4v) is 4.07. The van der Waals surface area contributed by atoms with Gasteiger partial charge in [-0.25, -0.2) is 0 Å². The molecule has 1 saturated carbocycles. The highest BCUT2D eigenvalue weighted by atomic mass is 79.9. The van der Waals surface area contributed by atoms with E-state index in [4.69, 9.17) is 0 Å². The van der Waals surface area contributed by atoms with Gasteiger partial charge in [0.2, 0.25) is 0 Å². The van der Waals surface area contributed by atoms with Crippen molar-refractivity contribution < 1.29 is 0 Å². The smallest absolute Gasteiger partial charge is 0.0174 e. The van der Waals surface area contributed by atoms with Crippen molar-refractivity contribution in [2.45, 2.75) is 90.3 Å². The second-order valence-electron chi connectivity index (χ2n) is 7.35. The van der Waals surface area contributed by atoms with E-state index in [0.29, 0.717) is 5.41 Å². The van der Waals surface area contributed by atoms with Gasteiger partial charge in [-0.2, -0.15) is 0 Å². The molecule has 0 N–H and O–H groups in total. The van der Waals surface area contributed by atoms with Crippen LogP contribution in [0.1, 0.15) is 85.5 Å². The van der Waals surface area contributed by atoms with Crippen molar-refractivity contribution in [3.8, 4) is 0 Å². The van der Waals surface area contributed by atoms with Crippen LogP contribution in [-0.2, 0) is 0 Å². The topological polar surface area (TPSA) is 0 Å². The zero-order valence-electron chi connectivity index (χ0n) is 13.0. The summed E-state index contributed by atoms with van der Waals surface area (Å²) >= 11 is 3.93. The quantitative estimate of drug-likeness (QED) is 0.384. The molecule has 0 spiro atoms. The number of halogens is 1. The molecule has 3 atom stereocenters. The van der Waals surface area contributed by atoms with Gasteiger partial charge in [-0.1, -0.05) is 75.7 Å². The standard InChI is InChI=1S/C17H33Br/c1-5-6-7-8-9-10-14-13-15(17(2,3)4)11-12-16(14)18/h14-16H,5-13H2,1-4H3. The maximum absolute atomic E-state index is 3.93. The number of unbranched alkanes of at least 4 members (excludes halogenated alkanes) is 4. The van der Waals surface area contributed by atoms with E-state index in [-0.39, 0.29) is 0 Å². The normalized spacial score (nSPS) is 29.5. The average molecular weight is 317 g/mol. The van der Waals surface area contributed by atoms with Gasteiger partial charge in [-0.3, -0.25) is 0 Å². The van der Waals surface area contributed by atoms with Crippen LogP contribution in [0.4, 0.5) is 0 Å². The molecule has 0 saturated heterocycles. The summed E-state index contributed by atoms with van der Waals surface area (Å²) in [7, 11) is 0. The third-order valence-corrected chi connectivity index (χ3v) is 6.00. The number of rotatable bonds is 6. The summed E-state index contributed by atoms with van der Waals surface area (Å²) in [4.78, 5) is 0.794. The lowest BCUT2D eigenvalue weighted by molar-refractivity contribution is 0.141. The molecule has 0 radical (unpaired) electrons. The fraction of sp³-hybridized carbons (Fsp3) is 1.00. The van der Waals surface area contributed by atoms with Gasteiger partial charge in [0.05, 0.1) is 0 Å². The molecule has 3 unspecified atom stereocenters. The highest BCUT2D eigenvalue weighted by Gasteiger charge is 2.34. The third-order valence-electron chi connectivity index (χ3n) is 4.79. The fourth-order valence-electron chi connectivity index (χ4n) is 3.32. The molecule has 0 heterocycles. The van der Waals surface area contributed by atoms with E-state index in [1.165, 1.54) is 57.8 Å². The van der Waals surface area contributed by atoms with Crippen LogP contribution < -0.4 is 0 Å². The maximum Gasteiger partial charge on any atom is 0.0174 e. The van der Waals surface area contributed by atoms with Gasteiger partial charge < -0.3 is 0 Å². The maximum atomic E-state index is 3.93. The Morgan fingerprint density at radius 1 is 1.00 bits per heavy atom. The average Bonchev–Trinajstić information content (AvgIpc) is 2.29. The van der Waals surface area contributed by atoms with Gasteiger partial charge in [-0.05, 0) is 42.9 Å². The zero-order chi connectivity index (χ0) is 13.6. The summed E-state index contributed by atoms with van der Waals surface area (Å²) in [6.45, 7) is 9.56. The van der Waals surface area contributed by atoms with Crippen molar-refractivity contribution in [1.82, 2.24) is 0 Å². The SMILES string of the molecule is CCCCCCCC1CC(C(C)(C)C)CCC1Br. The monoisotopic (exact) mass is 316 g/mol. The molecule has 0 aromatic heterocycles. The summed E-state index contributed by atoms with van der Waals surface area (Å²) in [5, 5.41) is 0. The molecule has 108 valence electrons. The Balaban J connectivity index is 2.29. The Morgan fingerprint density at radius 3 is 2.28 bits per heavy atom. The predicted molar refractivity (Wildman–Crippen MR) is 86.4 cm³/mol. The van der Waals surface area contributed by atoms with Crippen LogP contribution in [0.3, 0.4) is 0 Å². The van der Waals surface area contributed by atoms with Crippen molar-refractivity contribution in [2.75, 3.05) is 0 Å². The first kappa shape index (κ1) is 16.5. The lowest BCUT2D eigenvalue weighted by Crippen LogP contribution is -2.32. The molecule has 1 rings (SSSR count). The van der Waals surface area contributed by atoms with Crippen LogP contribution in [0, 0.1) is 17.3 Å². The van der Waals surface area contributed by atoms with E-state index in [1.807, 2.05) is 0 Å². The Kier molecular flexibility index (Phi) is 7.28. The van der Waals surface area contributed by atoms with Crippen LogP contribution in [0.15, 0.2) is 0 Å². The molecule has 0 amide bonds. The summed E-state index contributed by atoms with van der Waals surface area (Å²) in [5.41, 5.74) is 0.508. The Labute approximate surface area is 123 Å². The van der Waals surface area contributed by atoms with E-state index in [9.17, 15) is 0 Å². The molecule has 0 bridgehead atoms. The molecule has 1 heteroatoms. The Bertz CT molecular complexity index is 216. The molecular weight excluding hydrogens is 284 g/mol. The van der Waals surface area contributed by atoms with E-state index in [0.717, 1.165) is 16.7 Å². The molecule has 0 nitrogen and oxygen atoms in total. The van der Waals surface area contributed by atoms with Gasteiger partial charge in [-0.15, -0.1) is 0 Å². The number of alkyl halides is 1. The van der Waals surface area contributed by atoms with E-state index < -0.39 is 0 Å². The minimum atomic E-state index is 0.508. The van der Waals surface area contributed by atoms with E-state index in [2.05, 4.69) is 43.6 Å². The van der Waals surface area contributed by atoms with Crippen LogP contribution >= 0.6 is 15.9 Å². The van der Waals surface area contributed by atoms with Crippen molar-refractivity contribution >= 4 is 15.9 Å². The van der Waals surface area contributed by atoms with Crippen LogP contribution in [-0.4, -0.2) is 4.83 Å². The molecule has 1 aliphatic carbocycles. The number of hydrogen-bond donors (Lipinski definition) is 0. The highest BCUT2D eigenvalue weighted by molar-refractivity contribution is 9.09. The van der Waals surface area contributed by atoms with Gasteiger partial charge in [0.1, 0.15) is 0 Å². The van der Waals surface area contributed by atoms with Gasteiger partial charge >= 0.3 is 0 Å². The lowest BCUT2D eigenvalue weighted by Gasteiger charge is -2.40. The lowest BCUT2D eigenvalue weighted by atomic mass is 9.68. The molecule has 0 aromatic carbocycles. The summed E-state index contributed by atoms with van der Waals surface area (Å²) in [6.07, 6.45) is 12.8. The van der Waals surface area contributed by atoms with E-state index in [1.54, 1.807) is 0 Å². The second-order valence-corrected chi connectivity index (χ2v) is 8.53. The third kappa shape index (κ3) is 5.63. The Morgan fingerprint density at radius 2 is 1.67 bits per heavy atom. The zero-order valence-corrected chi connectivity index (χ0v) is 14.6. The minimum Gasteiger partial charge on any atom is -0.0888 e. The van der Waals surface area contributed by atoms with E-state index >= 15 is 0 Å². The number of hydrogen-bond acceptors (Lipinski definition) is 0. The molecule has 0 aromatic rings. The largest absolute Gasteiger partial charge is 0.0888 e. The summed E-state index contributed by atoms with van der Waals surface area (Å²) in [5.74, 6) is 1.87. The van der Waals surface area contributed by atoms with Crippen LogP contribution in [0.25, 0.3) is 0 Å². The summed E-state index contributed by atoms with van der Waals surface area (Å²) < 4.78 is 0.